The molecule has 1 N–H and O–H groups in total. The normalized spacial score (nSPS) is 25.4. The molecule has 1 aliphatic rings. The second-order valence-electron chi connectivity index (χ2n) is 4.67. The quantitative estimate of drug-likeness (QED) is 0.854. The van der Waals surface area contributed by atoms with Crippen molar-refractivity contribution in [3.63, 3.8) is 0 Å². The number of nitrogens with zero attached hydrogens (tertiary/aromatic N) is 1. The molecule has 16 heavy (non-hydrogen) atoms. The van der Waals surface area contributed by atoms with Gasteiger partial charge in [0.1, 0.15) is 0 Å². The molecule has 1 fully saturated rings. The lowest BCUT2D eigenvalue weighted by Crippen LogP contribution is -2.32. The standard InChI is InChI=1S/C13H21NOS/c1-2-14(10-12-6-4-8-16-12)9-11-5-3-7-13(11)15/h4,6,8,11,13,15H,2-3,5,7,9-10H2,1H3. The Morgan fingerprint density at radius 3 is 2.94 bits per heavy atom. The molecule has 1 heterocycles. The van der Waals surface area contributed by atoms with Gasteiger partial charge in [0.15, 0.2) is 0 Å². The molecule has 1 aliphatic carbocycles. The maximum atomic E-state index is 9.84. The molecule has 0 bridgehead atoms. The molecule has 2 unspecified atom stereocenters. The van der Waals surface area contributed by atoms with Gasteiger partial charge in [0.05, 0.1) is 6.10 Å². The molecule has 2 nitrogen and oxygen atoms in total. The fourth-order valence-corrected chi connectivity index (χ4v) is 3.24. The van der Waals surface area contributed by atoms with Crippen molar-refractivity contribution in [2.24, 2.45) is 5.92 Å². The van der Waals surface area contributed by atoms with Crippen LogP contribution in [-0.2, 0) is 6.54 Å². The number of thiophene rings is 1. The minimum Gasteiger partial charge on any atom is -0.393 e. The monoisotopic (exact) mass is 239 g/mol. The van der Waals surface area contributed by atoms with Gasteiger partial charge in [0, 0.05) is 18.0 Å². The molecule has 1 saturated carbocycles. The Hall–Kier alpha value is -0.380. The highest BCUT2D eigenvalue weighted by molar-refractivity contribution is 7.09. The van der Waals surface area contributed by atoms with Gasteiger partial charge in [0.25, 0.3) is 0 Å². The maximum Gasteiger partial charge on any atom is 0.0580 e. The van der Waals surface area contributed by atoms with Gasteiger partial charge < -0.3 is 5.11 Å². The van der Waals surface area contributed by atoms with E-state index in [1.165, 1.54) is 17.7 Å². The Morgan fingerprint density at radius 2 is 2.38 bits per heavy atom. The number of hydrogen-bond acceptors (Lipinski definition) is 3. The average Bonchev–Trinajstić information content (AvgIpc) is 2.90. The van der Waals surface area contributed by atoms with Crippen molar-refractivity contribution in [3.8, 4) is 0 Å². The lowest BCUT2D eigenvalue weighted by Gasteiger charge is -2.25. The average molecular weight is 239 g/mol. The minimum atomic E-state index is -0.0580. The van der Waals surface area contributed by atoms with Crippen LogP contribution in [0, 0.1) is 5.92 Å². The molecule has 1 aromatic rings. The van der Waals surface area contributed by atoms with Gasteiger partial charge in [0.2, 0.25) is 0 Å². The van der Waals surface area contributed by atoms with Crippen molar-refractivity contribution in [3.05, 3.63) is 22.4 Å². The summed E-state index contributed by atoms with van der Waals surface area (Å²) in [5.74, 6) is 0.500. The van der Waals surface area contributed by atoms with Crippen LogP contribution in [0.15, 0.2) is 17.5 Å². The highest BCUT2D eigenvalue weighted by atomic mass is 32.1. The topological polar surface area (TPSA) is 23.5 Å². The molecule has 0 aliphatic heterocycles. The second-order valence-corrected chi connectivity index (χ2v) is 5.70. The number of aliphatic hydroxyl groups excluding tert-OH is 1. The lowest BCUT2D eigenvalue weighted by molar-refractivity contribution is 0.102. The SMILES string of the molecule is CCN(Cc1cccs1)CC1CCCC1O. The van der Waals surface area contributed by atoms with Crippen molar-refractivity contribution in [1.29, 1.82) is 0 Å². The van der Waals surface area contributed by atoms with Crippen LogP contribution in [-0.4, -0.2) is 29.2 Å². The molecule has 90 valence electrons. The molecule has 2 rings (SSSR count). The molecule has 0 saturated heterocycles. The maximum absolute atomic E-state index is 9.84. The van der Waals surface area contributed by atoms with E-state index in [0.29, 0.717) is 5.92 Å². The third-order valence-corrected chi connectivity index (χ3v) is 4.38. The summed E-state index contributed by atoms with van der Waals surface area (Å²) in [7, 11) is 0. The van der Waals surface area contributed by atoms with Crippen molar-refractivity contribution in [1.82, 2.24) is 4.90 Å². The number of hydrogen-bond donors (Lipinski definition) is 1. The van der Waals surface area contributed by atoms with Gasteiger partial charge in [-0.2, -0.15) is 0 Å². The first-order valence-corrected chi connectivity index (χ1v) is 7.10. The van der Waals surface area contributed by atoms with Crippen molar-refractivity contribution < 1.29 is 5.11 Å². The van der Waals surface area contributed by atoms with E-state index in [0.717, 1.165) is 26.1 Å². The lowest BCUT2D eigenvalue weighted by atomic mass is 10.1. The summed E-state index contributed by atoms with van der Waals surface area (Å²) in [6, 6.07) is 4.30. The second kappa shape index (κ2) is 5.80. The van der Waals surface area contributed by atoms with E-state index in [-0.39, 0.29) is 6.10 Å². The van der Waals surface area contributed by atoms with E-state index >= 15 is 0 Å². The third kappa shape index (κ3) is 3.06. The van der Waals surface area contributed by atoms with Crippen LogP contribution in [0.3, 0.4) is 0 Å². The van der Waals surface area contributed by atoms with Crippen LogP contribution >= 0.6 is 11.3 Å². The molecule has 2 atom stereocenters. The van der Waals surface area contributed by atoms with E-state index in [1.807, 2.05) is 11.3 Å². The number of aliphatic hydroxyl groups is 1. The van der Waals surface area contributed by atoms with E-state index < -0.39 is 0 Å². The first kappa shape index (κ1) is 12.1. The van der Waals surface area contributed by atoms with Gasteiger partial charge in [-0.25, -0.2) is 0 Å². The predicted molar refractivity (Wildman–Crippen MR) is 68.6 cm³/mol. The first-order chi connectivity index (χ1) is 7.79. The van der Waals surface area contributed by atoms with Gasteiger partial charge >= 0.3 is 0 Å². The molecule has 0 radical (unpaired) electrons. The van der Waals surface area contributed by atoms with E-state index in [4.69, 9.17) is 0 Å². The summed E-state index contributed by atoms with van der Waals surface area (Å²) in [6.07, 6.45) is 3.34. The van der Waals surface area contributed by atoms with Gasteiger partial charge in [-0.15, -0.1) is 11.3 Å². The van der Waals surface area contributed by atoms with Crippen LogP contribution in [0.4, 0.5) is 0 Å². The molecule has 1 aromatic heterocycles. The smallest absolute Gasteiger partial charge is 0.0580 e. The fraction of sp³-hybridized carbons (Fsp3) is 0.692. The van der Waals surface area contributed by atoms with Crippen molar-refractivity contribution in [2.75, 3.05) is 13.1 Å². The Kier molecular flexibility index (Phi) is 4.38. The summed E-state index contributed by atoms with van der Waals surface area (Å²) in [5.41, 5.74) is 0. The van der Waals surface area contributed by atoms with Crippen LogP contribution in [0.2, 0.25) is 0 Å². The van der Waals surface area contributed by atoms with Gasteiger partial charge in [-0.05, 0) is 36.8 Å². The summed E-state index contributed by atoms with van der Waals surface area (Å²) in [5, 5.41) is 12.0. The molecular formula is C13H21NOS. The van der Waals surface area contributed by atoms with E-state index in [1.54, 1.807) is 0 Å². The van der Waals surface area contributed by atoms with E-state index in [2.05, 4.69) is 29.3 Å². The molecule has 0 aromatic carbocycles. The zero-order valence-electron chi connectivity index (χ0n) is 9.93. The largest absolute Gasteiger partial charge is 0.393 e. The van der Waals surface area contributed by atoms with Crippen LogP contribution in [0.25, 0.3) is 0 Å². The molecule has 3 heteroatoms. The van der Waals surface area contributed by atoms with Crippen molar-refractivity contribution >= 4 is 11.3 Å². The highest BCUT2D eigenvalue weighted by Gasteiger charge is 2.26. The predicted octanol–water partition coefficient (Wildman–Crippen LogP) is 2.73. The summed E-state index contributed by atoms with van der Waals surface area (Å²) < 4.78 is 0. The van der Waals surface area contributed by atoms with Crippen molar-refractivity contribution in [2.45, 2.75) is 38.8 Å². The van der Waals surface area contributed by atoms with Gasteiger partial charge in [-0.1, -0.05) is 19.4 Å². The molecular weight excluding hydrogens is 218 g/mol. The Bertz CT molecular complexity index is 299. The number of rotatable bonds is 5. The zero-order chi connectivity index (χ0) is 11.4. The van der Waals surface area contributed by atoms with Gasteiger partial charge in [-0.3, -0.25) is 4.90 Å². The Labute approximate surface area is 102 Å². The fourth-order valence-electron chi connectivity index (χ4n) is 2.49. The Morgan fingerprint density at radius 1 is 1.50 bits per heavy atom. The minimum absolute atomic E-state index is 0.0580. The first-order valence-electron chi connectivity index (χ1n) is 6.22. The molecule has 0 spiro atoms. The highest BCUT2D eigenvalue weighted by Crippen LogP contribution is 2.26. The summed E-state index contributed by atoms with van der Waals surface area (Å²) in [4.78, 5) is 3.87. The summed E-state index contributed by atoms with van der Waals surface area (Å²) in [6.45, 7) is 5.36. The van der Waals surface area contributed by atoms with Crippen LogP contribution in [0.1, 0.15) is 31.1 Å². The van der Waals surface area contributed by atoms with Crippen LogP contribution in [0.5, 0.6) is 0 Å². The third-order valence-electron chi connectivity index (χ3n) is 3.52. The van der Waals surface area contributed by atoms with Crippen LogP contribution < -0.4 is 0 Å². The van der Waals surface area contributed by atoms with E-state index in [9.17, 15) is 5.11 Å². The zero-order valence-corrected chi connectivity index (χ0v) is 10.7. The molecule has 0 amide bonds. The summed E-state index contributed by atoms with van der Waals surface area (Å²) >= 11 is 1.82. The Balaban J connectivity index is 1.85.